The molecule has 96 valence electrons. The van der Waals surface area contributed by atoms with Crippen molar-refractivity contribution in [2.75, 3.05) is 6.54 Å². The molecule has 3 saturated carbocycles. The Labute approximate surface area is 101 Å². The molecule has 6 atom stereocenters. The Morgan fingerprint density at radius 3 is 2.65 bits per heavy atom. The topological polar surface area (TPSA) is 63.3 Å². The van der Waals surface area contributed by atoms with Gasteiger partial charge in [0.05, 0.1) is 6.42 Å². The number of carbonyl (C=O) groups is 1. The fraction of sp³-hybridized carbons (Fsp3) is 0.923. The molecule has 0 aliphatic heterocycles. The molecule has 0 aromatic carbocycles. The lowest BCUT2D eigenvalue weighted by molar-refractivity contribution is -0.153. The lowest BCUT2D eigenvalue weighted by Crippen LogP contribution is -2.58. The summed E-state index contributed by atoms with van der Waals surface area (Å²) in [7, 11) is 0. The third kappa shape index (κ3) is 1.22. The number of hydrogen-bond donors (Lipinski definition) is 2. The van der Waals surface area contributed by atoms with E-state index in [1.54, 1.807) is 6.92 Å². The summed E-state index contributed by atoms with van der Waals surface area (Å²) in [4.78, 5) is 11.0. The Morgan fingerprint density at radius 2 is 2.06 bits per heavy atom. The van der Waals surface area contributed by atoms with Crippen molar-refractivity contribution in [1.82, 2.24) is 0 Å². The van der Waals surface area contributed by atoms with Crippen molar-refractivity contribution in [2.24, 2.45) is 34.8 Å². The molecule has 0 radical (unpaired) electrons. The summed E-state index contributed by atoms with van der Waals surface area (Å²) in [5.74, 6) is 0.343. The average Bonchev–Trinajstić information content (AvgIpc) is 2.72. The zero-order valence-corrected chi connectivity index (χ0v) is 10.2. The molecule has 3 N–H and O–H groups in total. The summed E-state index contributed by atoms with van der Waals surface area (Å²) in [5, 5.41) is 9.07. The van der Waals surface area contributed by atoms with Gasteiger partial charge in [0.2, 0.25) is 0 Å². The molecule has 0 aromatic heterocycles. The van der Waals surface area contributed by atoms with Crippen LogP contribution in [0, 0.1) is 29.1 Å². The SMILES string of the molecule is CC1(F)C[C@@H]2[C@@H]3[C@H]1CC[C@@H]3[C@@]2(CN)CC(=O)O. The van der Waals surface area contributed by atoms with Gasteiger partial charge in [-0.25, -0.2) is 4.39 Å². The Bertz CT molecular complexity index is 370. The number of hydrogen-bond acceptors (Lipinski definition) is 2. The van der Waals surface area contributed by atoms with Crippen molar-refractivity contribution in [3.8, 4) is 0 Å². The van der Waals surface area contributed by atoms with E-state index in [-0.39, 0.29) is 23.7 Å². The highest BCUT2D eigenvalue weighted by Crippen LogP contribution is 2.74. The van der Waals surface area contributed by atoms with E-state index in [9.17, 15) is 9.18 Å². The van der Waals surface area contributed by atoms with Crippen LogP contribution in [-0.2, 0) is 4.79 Å². The Balaban J connectivity index is 1.93. The van der Waals surface area contributed by atoms with Crippen molar-refractivity contribution in [3.63, 3.8) is 0 Å². The Kier molecular flexibility index (Phi) is 2.17. The second-order valence-corrected chi connectivity index (χ2v) is 6.46. The fourth-order valence-corrected chi connectivity index (χ4v) is 5.34. The van der Waals surface area contributed by atoms with Gasteiger partial charge in [-0.2, -0.15) is 0 Å². The summed E-state index contributed by atoms with van der Waals surface area (Å²) in [6.07, 6.45) is 2.53. The van der Waals surface area contributed by atoms with Crippen molar-refractivity contribution in [2.45, 2.75) is 38.3 Å². The van der Waals surface area contributed by atoms with Gasteiger partial charge in [-0.05, 0) is 61.8 Å². The van der Waals surface area contributed by atoms with E-state index in [2.05, 4.69) is 0 Å². The van der Waals surface area contributed by atoms with Crippen LogP contribution < -0.4 is 5.73 Å². The molecule has 3 nitrogen and oxygen atoms in total. The van der Waals surface area contributed by atoms with Crippen LogP contribution in [-0.4, -0.2) is 23.3 Å². The molecule has 0 bridgehead atoms. The van der Waals surface area contributed by atoms with Gasteiger partial charge in [-0.15, -0.1) is 0 Å². The van der Waals surface area contributed by atoms with E-state index in [0.29, 0.717) is 24.8 Å². The van der Waals surface area contributed by atoms with Gasteiger partial charge in [0.1, 0.15) is 5.67 Å². The van der Waals surface area contributed by atoms with Crippen LogP contribution in [0.2, 0.25) is 0 Å². The quantitative estimate of drug-likeness (QED) is 0.792. The third-order valence-corrected chi connectivity index (χ3v) is 5.91. The lowest BCUT2D eigenvalue weighted by atomic mass is 9.47. The van der Waals surface area contributed by atoms with E-state index in [4.69, 9.17) is 10.8 Å². The number of carboxylic acids is 1. The third-order valence-electron chi connectivity index (χ3n) is 5.91. The number of aliphatic carboxylic acids is 1. The molecule has 3 rings (SSSR count). The van der Waals surface area contributed by atoms with Gasteiger partial charge in [0, 0.05) is 0 Å². The van der Waals surface area contributed by atoms with Crippen LogP contribution in [0.1, 0.15) is 32.6 Å². The van der Waals surface area contributed by atoms with Gasteiger partial charge < -0.3 is 10.8 Å². The lowest BCUT2D eigenvalue weighted by Gasteiger charge is -2.57. The molecule has 3 aliphatic rings. The minimum atomic E-state index is -1.10. The zero-order chi connectivity index (χ0) is 12.4. The molecule has 4 heteroatoms. The standard InChI is InChI=1S/C13H20FNO2/c1-12(14)4-9-11-7(12)2-3-8(11)13(9,6-15)5-10(16)17/h7-9,11H,2-6,15H2,1H3,(H,16,17)/t7-,8+,9-,11-,12?,13+/m1/s1. The van der Waals surface area contributed by atoms with Gasteiger partial charge in [-0.1, -0.05) is 0 Å². The van der Waals surface area contributed by atoms with E-state index < -0.39 is 11.6 Å². The highest BCUT2D eigenvalue weighted by molar-refractivity contribution is 5.68. The predicted octanol–water partition coefficient (Wildman–Crippen LogP) is 1.81. The minimum Gasteiger partial charge on any atom is -0.481 e. The van der Waals surface area contributed by atoms with Crippen LogP contribution >= 0.6 is 0 Å². The van der Waals surface area contributed by atoms with E-state index in [1.807, 2.05) is 0 Å². The summed E-state index contributed by atoms with van der Waals surface area (Å²) < 4.78 is 14.5. The number of halogens is 1. The first kappa shape index (κ1) is 11.5. The number of nitrogens with two attached hydrogens (primary N) is 1. The first-order chi connectivity index (χ1) is 7.92. The first-order valence-corrected chi connectivity index (χ1v) is 6.53. The van der Waals surface area contributed by atoms with Crippen LogP contribution in [0.5, 0.6) is 0 Å². The molecule has 17 heavy (non-hydrogen) atoms. The van der Waals surface area contributed by atoms with Gasteiger partial charge in [0.25, 0.3) is 0 Å². The maximum absolute atomic E-state index is 14.5. The molecule has 0 heterocycles. The van der Waals surface area contributed by atoms with Crippen LogP contribution in [0.15, 0.2) is 0 Å². The molecule has 0 amide bonds. The largest absolute Gasteiger partial charge is 0.481 e. The van der Waals surface area contributed by atoms with Crippen LogP contribution in [0.3, 0.4) is 0 Å². The Hall–Kier alpha value is -0.640. The van der Waals surface area contributed by atoms with Crippen molar-refractivity contribution < 1.29 is 14.3 Å². The first-order valence-electron chi connectivity index (χ1n) is 6.53. The number of carboxylic acid groups (broad SMARTS) is 1. The maximum atomic E-state index is 14.5. The second kappa shape index (κ2) is 3.22. The van der Waals surface area contributed by atoms with Crippen molar-refractivity contribution in [3.05, 3.63) is 0 Å². The summed E-state index contributed by atoms with van der Waals surface area (Å²) in [6.45, 7) is 2.09. The molecule has 0 spiro atoms. The fourth-order valence-electron chi connectivity index (χ4n) is 5.34. The number of alkyl halides is 1. The molecule has 3 aliphatic carbocycles. The predicted molar refractivity (Wildman–Crippen MR) is 61.1 cm³/mol. The highest BCUT2D eigenvalue weighted by Gasteiger charge is 2.72. The van der Waals surface area contributed by atoms with Crippen LogP contribution in [0.25, 0.3) is 0 Å². The molecule has 1 unspecified atom stereocenters. The van der Waals surface area contributed by atoms with E-state index in [1.165, 1.54) is 0 Å². The highest BCUT2D eigenvalue weighted by atomic mass is 19.1. The van der Waals surface area contributed by atoms with Gasteiger partial charge >= 0.3 is 5.97 Å². The minimum absolute atomic E-state index is 0.123. The summed E-state index contributed by atoms with van der Waals surface area (Å²) in [6, 6.07) is 0. The van der Waals surface area contributed by atoms with Gasteiger partial charge in [-0.3, -0.25) is 4.79 Å². The normalized spacial score (nSPS) is 55.5. The molecular weight excluding hydrogens is 221 g/mol. The molecule has 0 aromatic rings. The number of rotatable bonds is 3. The smallest absolute Gasteiger partial charge is 0.303 e. The van der Waals surface area contributed by atoms with Crippen molar-refractivity contribution >= 4 is 5.97 Å². The Morgan fingerprint density at radius 1 is 1.41 bits per heavy atom. The molecular formula is C13H20FNO2. The van der Waals surface area contributed by atoms with Crippen molar-refractivity contribution in [1.29, 1.82) is 0 Å². The maximum Gasteiger partial charge on any atom is 0.303 e. The monoisotopic (exact) mass is 241 g/mol. The van der Waals surface area contributed by atoms with Crippen LogP contribution in [0.4, 0.5) is 4.39 Å². The molecule has 0 saturated heterocycles. The van der Waals surface area contributed by atoms with E-state index in [0.717, 1.165) is 12.8 Å². The van der Waals surface area contributed by atoms with Gasteiger partial charge in [0.15, 0.2) is 0 Å². The second-order valence-electron chi connectivity index (χ2n) is 6.46. The summed E-state index contributed by atoms with van der Waals surface area (Å²) >= 11 is 0. The zero-order valence-electron chi connectivity index (χ0n) is 10.2. The average molecular weight is 241 g/mol. The van der Waals surface area contributed by atoms with E-state index >= 15 is 0 Å². The molecule has 3 fully saturated rings. The summed E-state index contributed by atoms with van der Waals surface area (Å²) in [5.41, 5.74) is 4.45.